The van der Waals surface area contributed by atoms with Gasteiger partial charge in [-0.15, -0.1) is 0 Å². The zero-order valence-corrected chi connectivity index (χ0v) is 10.4. The zero-order chi connectivity index (χ0) is 14.9. The molecule has 2 rings (SSSR count). The molecule has 2 aromatic rings. The van der Waals surface area contributed by atoms with E-state index >= 15 is 0 Å². The van der Waals surface area contributed by atoms with E-state index in [2.05, 4.69) is 20.3 Å². The summed E-state index contributed by atoms with van der Waals surface area (Å²) in [6.45, 7) is 3.09. The predicted molar refractivity (Wildman–Crippen MR) is 61.0 cm³/mol. The van der Waals surface area contributed by atoms with E-state index in [9.17, 15) is 18.0 Å². The number of oxazole rings is 1. The van der Waals surface area contributed by atoms with E-state index in [1.165, 1.54) is 0 Å². The first-order valence-corrected chi connectivity index (χ1v) is 5.43. The van der Waals surface area contributed by atoms with Gasteiger partial charge in [-0.05, 0) is 13.0 Å². The second kappa shape index (κ2) is 4.91. The van der Waals surface area contributed by atoms with Crippen molar-refractivity contribution in [2.24, 2.45) is 0 Å². The Morgan fingerprint density at radius 2 is 2.00 bits per heavy atom. The number of amides is 1. The van der Waals surface area contributed by atoms with E-state index < -0.39 is 23.7 Å². The fraction of sp³-hybridized carbons (Fsp3) is 0.273. The van der Waals surface area contributed by atoms with Crippen molar-refractivity contribution in [3.8, 4) is 0 Å². The number of carbonyl (C=O) groups is 1. The molecule has 20 heavy (non-hydrogen) atoms. The van der Waals surface area contributed by atoms with E-state index in [4.69, 9.17) is 4.42 Å². The van der Waals surface area contributed by atoms with Crippen molar-refractivity contribution in [3.05, 3.63) is 35.3 Å². The minimum Gasteiger partial charge on any atom is -0.436 e. The van der Waals surface area contributed by atoms with Crippen LogP contribution in [0.2, 0.25) is 0 Å². The van der Waals surface area contributed by atoms with Gasteiger partial charge in [0, 0.05) is 13.1 Å². The second-order valence-electron chi connectivity index (χ2n) is 3.86. The lowest BCUT2D eigenvalue weighted by atomic mass is 10.3. The molecule has 2 aromatic heterocycles. The smallest absolute Gasteiger partial charge is 0.433 e. The Bertz CT molecular complexity index is 651. The van der Waals surface area contributed by atoms with E-state index in [1.54, 1.807) is 13.8 Å². The molecule has 0 radical (unpaired) electrons. The van der Waals surface area contributed by atoms with Gasteiger partial charge >= 0.3 is 6.18 Å². The molecule has 0 atom stereocenters. The number of rotatable bonds is 2. The first kappa shape index (κ1) is 14.0. The Balaban J connectivity index is 2.22. The number of hydrogen-bond donors (Lipinski definition) is 1. The normalized spacial score (nSPS) is 11.4. The molecule has 9 heteroatoms. The molecule has 0 aliphatic heterocycles. The largest absolute Gasteiger partial charge is 0.436 e. The molecule has 1 amide bonds. The maximum atomic E-state index is 12.5. The number of aromatic nitrogens is 3. The average molecular weight is 286 g/mol. The van der Waals surface area contributed by atoms with Crippen molar-refractivity contribution < 1.29 is 22.4 Å². The van der Waals surface area contributed by atoms with Crippen LogP contribution in [0.4, 0.5) is 19.1 Å². The predicted octanol–water partition coefficient (Wildman–Crippen LogP) is 2.35. The quantitative estimate of drug-likeness (QED) is 0.916. The van der Waals surface area contributed by atoms with Gasteiger partial charge in [-0.1, -0.05) is 0 Å². The lowest BCUT2D eigenvalue weighted by molar-refractivity contribution is -0.141. The van der Waals surface area contributed by atoms with Crippen LogP contribution in [-0.2, 0) is 6.18 Å². The number of aryl methyl sites for hydroxylation is 2. The minimum absolute atomic E-state index is 0.0940. The summed E-state index contributed by atoms with van der Waals surface area (Å²) in [4.78, 5) is 22.5. The molecular weight excluding hydrogens is 277 g/mol. The van der Waals surface area contributed by atoms with Gasteiger partial charge in [0.05, 0.1) is 5.69 Å². The van der Waals surface area contributed by atoms with Gasteiger partial charge in [0.1, 0.15) is 5.69 Å². The SMILES string of the molecule is Cc1nc(C)c(C(=O)Nc2nccc(C(F)(F)F)n2)o1. The number of nitrogens with one attached hydrogen (secondary N) is 1. The lowest BCUT2D eigenvalue weighted by Crippen LogP contribution is -2.17. The summed E-state index contributed by atoms with van der Waals surface area (Å²) in [6.07, 6.45) is -3.70. The van der Waals surface area contributed by atoms with Crippen LogP contribution in [0.3, 0.4) is 0 Å². The minimum atomic E-state index is -4.61. The van der Waals surface area contributed by atoms with Crippen molar-refractivity contribution in [1.82, 2.24) is 15.0 Å². The highest BCUT2D eigenvalue weighted by atomic mass is 19.4. The third-order valence-electron chi connectivity index (χ3n) is 2.28. The Morgan fingerprint density at radius 3 is 2.55 bits per heavy atom. The number of alkyl halides is 3. The fourth-order valence-electron chi connectivity index (χ4n) is 1.48. The summed E-state index contributed by atoms with van der Waals surface area (Å²) in [5.41, 5.74) is -0.819. The Labute approximate surface area is 111 Å². The molecule has 0 saturated carbocycles. The van der Waals surface area contributed by atoms with Crippen LogP contribution < -0.4 is 5.32 Å². The summed E-state index contributed by atoms with van der Waals surface area (Å²) < 4.78 is 42.4. The van der Waals surface area contributed by atoms with Gasteiger partial charge in [0.15, 0.2) is 5.89 Å². The molecule has 0 aliphatic rings. The molecule has 106 valence electrons. The molecule has 0 saturated heterocycles. The van der Waals surface area contributed by atoms with Crippen LogP contribution in [-0.4, -0.2) is 20.9 Å². The maximum absolute atomic E-state index is 12.5. The Kier molecular flexibility index (Phi) is 3.43. The van der Waals surface area contributed by atoms with Gasteiger partial charge < -0.3 is 4.42 Å². The molecule has 0 spiro atoms. The van der Waals surface area contributed by atoms with E-state index in [-0.39, 0.29) is 11.7 Å². The third-order valence-corrected chi connectivity index (χ3v) is 2.28. The van der Waals surface area contributed by atoms with Crippen LogP contribution in [0, 0.1) is 13.8 Å². The second-order valence-corrected chi connectivity index (χ2v) is 3.86. The highest BCUT2D eigenvalue weighted by Gasteiger charge is 2.33. The lowest BCUT2D eigenvalue weighted by Gasteiger charge is -2.07. The van der Waals surface area contributed by atoms with Gasteiger partial charge in [-0.3, -0.25) is 10.1 Å². The van der Waals surface area contributed by atoms with Gasteiger partial charge in [0.2, 0.25) is 11.7 Å². The number of halogens is 3. The Hall–Kier alpha value is -2.45. The van der Waals surface area contributed by atoms with E-state index in [0.29, 0.717) is 11.8 Å². The summed E-state index contributed by atoms with van der Waals surface area (Å²) in [5, 5.41) is 2.13. The van der Waals surface area contributed by atoms with Crippen LogP contribution >= 0.6 is 0 Å². The van der Waals surface area contributed by atoms with Gasteiger partial charge in [-0.25, -0.2) is 15.0 Å². The van der Waals surface area contributed by atoms with Gasteiger partial charge in [0.25, 0.3) is 5.91 Å². The number of hydrogen-bond acceptors (Lipinski definition) is 5. The summed E-state index contributed by atoms with van der Waals surface area (Å²) in [5.74, 6) is -1.04. The van der Waals surface area contributed by atoms with Crippen molar-refractivity contribution in [2.75, 3.05) is 5.32 Å². The fourth-order valence-corrected chi connectivity index (χ4v) is 1.48. The zero-order valence-electron chi connectivity index (χ0n) is 10.4. The summed E-state index contributed by atoms with van der Waals surface area (Å²) in [7, 11) is 0. The van der Waals surface area contributed by atoms with Crippen LogP contribution in [0.15, 0.2) is 16.7 Å². The molecule has 0 aliphatic carbocycles. The van der Waals surface area contributed by atoms with Crippen molar-refractivity contribution >= 4 is 11.9 Å². The standard InChI is InChI=1S/C11H9F3N4O2/c1-5-8(20-6(2)16-5)9(19)18-10-15-4-3-7(17-10)11(12,13)14/h3-4H,1-2H3,(H,15,17,18,19). The van der Waals surface area contributed by atoms with Gasteiger partial charge in [-0.2, -0.15) is 13.2 Å². The molecule has 1 N–H and O–H groups in total. The molecule has 0 bridgehead atoms. The highest BCUT2D eigenvalue weighted by molar-refractivity contribution is 6.01. The van der Waals surface area contributed by atoms with Crippen LogP contribution in [0.5, 0.6) is 0 Å². The molecule has 2 heterocycles. The molecule has 0 unspecified atom stereocenters. The van der Waals surface area contributed by atoms with E-state index in [1.807, 2.05) is 0 Å². The molecule has 0 fully saturated rings. The summed E-state index contributed by atoms with van der Waals surface area (Å²) in [6, 6.07) is 0.708. The number of carbonyl (C=O) groups excluding carboxylic acids is 1. The van der Waals surface area contributed by atoms with E-state index in [0.717, 1.165) is 6.20 Å². The average Bonchev–Trinajstić information content (AvgIpc) is 2.68. The summed E-state index contributed by atoms with van der Waals surface area (Å²) >= 11 is 0. The first-order chi connectivity index (χ1) is 9.27. The molecule has 0 aromatic carbocycles. The molecular formula is C11H9F3N4O2. The van der Waals surface area contributed by atoms with Crippen LogP contribution in [0.25, 0.3) is 0 Å². The van der Waals surface area contributed by atoms with Crippen molar-refractivity contribution in [2.45, 2.75) is 20.0 Å². The Morgan fingerprint density at radius 1 is 1.30 bits per heavy atom. The topological polar surface area (TPSA) is 80.9 Å². The van der Waals surface area contributed by atoms with Crippen LogP contribution in [0.1, 0.15) is 27.8 Å². The van der Waals surface area contributed by atoms with Crippen molar-refractivity contribution in [1.29, 1.82) is 0 Å². The monoisotopic (exact) mass is 286 g/mol. The highest BCUT2D eigenvalue weighted by Crippen LogP contribution is 2.27. The molecule has 6 nitrogen and oxygen atoms in total. The number of nitrogens with zero attached hydrogens (tertiary/aromatic N) is 3. The first-order valence-electron chi connectivity index (χ1n) is 5.43. The third kappa shape index (κ3) is 2.92. The van der Waals surface area contributed by atoms with Crippen molar-refractivity contribution in [3.63, 3.8) is 0 Å². The number of anilines is 1. The maximum Gasteiger partial charge on any atom is 0.433 e.